The van der Waals surface area contributed by atoms with Crippen molar-refractivity contribution in [1.82, 2.24) is 15.5 Å². The van der Waals surface area contributed by atoms with Gasteiger partial charge in [0.05, 0.1) is 5.56 Å². The van der Waals surface area contributed by atoms with E-state index in [1.165, 1.54) is 17.0 Å². The van der Waals surface area contributed by atoms with Crippen molar-refractivity contribution in [3.05, 3.63) is 35.1 Å². The van der Waals surface area contributed by atoms with Gasteiger partial charge >= 0.3 is 6.18 Å². The highest BCUT2D eigenvalue weighted by Gasteiger charge is 2.43. The minimum Gasteiger partial charge on any atom is -0.350 e. The molecule has 0 radical (unpaired) electrons. The number of piperazine rings is 1. The molecule has 1 aromatic carbocycles. The van der Waals surface area contributed by atoms with Crippen molar-refractivity contribution in [2.45, 2.75) is 19.1 Å². The van der Waals surface area contributed by atoms with Crippen molar-refractivity contribution >= 4 is 5.91 Å². The van der Waals surface area contributed by atoms with Gasteiger partial charge in [-0.1, -0.05) is 11.6 Å². The molecule has 8 heteroatoms. The maximum Gasteiger partial charge on any atom is 0.405 e. The largest absolute Gasteiger partial charge is 0.405 e. The van der Waals surface area contributed by atoms with Crippen molar-refractivity contribution < 1.29 is 22.4 Å². The van der Waals surface area contributed by atoms with Gasteiger partial charge in [-0.15, -0.1) is 0 Å². The van der Waals surface area contributed by atoms with E-state index in [0.717, 1.165) is 6.07 Å². The lowest BCUT2D eigenvalue weighted by atomic mass is 10.1. The van der Waals surface area contributed by atoms with E-state index < -0.39 is 30.5 Å². The van der Waals surface area contributed by atoms with Crippen LogP contribution in [-0.2, 0) is 0 Å². The number of rotatable bonds is 4. The molecule has 1 saturated heterocycles. The van der Waals surface area contributed by atoms with Gasteiger partial charge in [0.1, 0.15) is 11.9 Å². The fraction of sp³-hybridized carbons (Fsp3) is 0.533. The summed E-state index contributed by atoms with van der Waals surface area (Å²) in [4.78, 5) is 13.3. The summed E-state index contributed by atoms with van der Waals surface area (Å²) in [6.45, 7) is 2.50. The van der Waals surface area contributed by atoms with E-state index in [1.54, 1.807) is 6.92 Å². The van der Waals surface area contributed by atoms with Gasteiger partial charge in [0.25, 0.3) is 5.91 Å². The summed E-state index contributed by atoms with van der Waals surface area (Å²) in [6, 6.07) is 2.16. The summed E-state index contributed by atoms with van der Waals surface area (Å²) in [5.74, 6) is -1.59. The minimum atomic E-state index is -4.46. The first-order chi connectivity index (χ1) is 10.8. The van der Waals surface area contributed by atoms with Gasteiger partial charge in [0, 0.05) is 32.7 Å². The van der Waals surface area contributed by atoms with Crippen molar-refractivity contribution in [2.24, 2.45) is 0 Å². The van der Waals surface area contributed by atoms with Crippen LogP contribution in [0.4, 0.5) is 17.6 Å². The number of aryl methyl sites for hydroxylation is 1. The quantitative estimate of drug-likeness (QED) is 0.825. The Morgan fingerprint density at radius 3 is 2.61 bits per heavy atom. The lowest BCUT2D eigenvalue weighted by Gasteiger charge is -2.35. The second-order valence-corrected chi connectivity index (χ2v) is 5.54. The lowest BCUT2D eigenvalue weighted by molar-refractivity contribution is -0.183. The molecule has 0 saturated carbocycles. The van der Waals surface area contributed by atoms with Crippen LogP contribution >= 0.6 is 0 Å². The Morgan fingerprint density at radius 1 is 1.35 bits per heavy atom. The van der Waals surface area contributed by atoms with Crippen LogP contribution < -0.4 is 10.6 Å². The molecule has 128 valence electrons. The molecule has 0 spiro atoms. The standard InChI is InChI=1S/C15H19F4N3O/c1-10-2-3-12(16)11(8-10)14(23)21-9-13(15(17,18)19)22-6-4-20-5-7-22/h2-3,8,13,20H,4-7,9H2,1H3,(H,21,23). The van der Waals surface area contributed by atoms with E-state index in [1.807, 2.05) is 0 Å². The van der Waals surface area contributed by atoms with Gasteiger partial charge in [-0.3, -0.25) is 9.69 Å². The number of alkyl halides is 3. The molecule has 0 bridgehead atoms. The number of carbonyl (C=O) groups is 1. The van der Waals surface area contributed by atoms with Gasteiger partial charge in [0.2, 0.25) is 0 Å². The average molecular weight is 333 g/mol. The van der Waals surface area contributed by atoms with Crippen molar-refractivity contribution in [1.29, 1.82) is 0 Å². The Balaban J connectivity index is 2.05. The summed E-state index contributed by atoms with van der Waals surface area (Å²) in [7, 11) is 0. The predicted molar refractivity (Wildman–Crippen MR) is 77.8 cm³/mol. The van der Waals surface area contributed by atoms with Crippen LogP contribution in [0.25, 0.3) is 0 Å². The smallest absolute Gasteiger partial charge is 0.350 e. The summed E-state index contributed by atoms with van der Waals surface area (Å²) >= 11 is 0. The first-order valence-electron chi connectivity index (χ1n) is 7.35. The summed E-state index contributed by atoms with van der Waals surface area (Å²) in [5.41, 5.74) is 0.414. The molecule has 4 nitrogen and oxygen atoms in total. The van der Waals surface area contributed by atoms with Crippen molar-refractivity contribution in [3.8, 4) is 0 Å². The van der Waals surface area contributed by atoms with Gasteiger partial charge < -0.3 is 10.6 Å². The summed E-state index contributed by atoms with van der Waals surface area (Å²) in [5, 5.41) is 5.19. The molecular formula is C15H19F4N3O. The molecule has 1 amide bonds. The second kappa shape index (κ2) is 7.27. The van der Waals surface area contributed by atoms with E-state index in [-0.39, 0.29) is 18.7 Å². The third kappa shape index (κ3) is 4.65. The molecule has 2 rings (SSSR count). The normalized spacial score (nSPS) is 17.8. The van der Waals surface area contributed by atoms with Gasteiger partial charge in [-0.2, -0.15) is 13.2 Å². The first kappa shape index (κ1) is 17.7. The minimum absolute atomic E-state index is 0.244. The number of hydrogen-bond acceptors (Lipinski definition) is 3. The van der Waals surface area contributed by atoms with Crippen LogP contribution in [0.3, 0.4) is 0 Å². The van der Waals surface area contributed by atoms with Crippen LogP contribution in [0, 0.1) is 12.7 Å². The highest BCUT2D eigenvalue weighted by atomic mass is 19.4. The zero-order chi connectivity index (χ0) is 17.0. The monoisotopic (exact) mass is 333 g/mol. The lowest BCUT2D eigenvalue weighted by Crippen LogP contribution is -2.57. The maximum atomic E-state index is 13.6. The number of benzene rings is 1. The number of carbonyl (C=O) groups excluding carboxylic acids is 1. The number of hydrogen-bond donors (Lipinski definition) is 2. The van der Waals surface area contributed by atoms with E-state index >= 15 is 0 Å². The zero-order valence-corrected chi connectivity index (χ0v) is 12.7. The molecule has 1 heterocycles. The van der Waals surface area contributed by atoms with E-state index in [9.17, 15) is 22.4 Å². The Hall–Kier alpha value is -1.67. The third-order valence-corrected chi connectivity index (χ3v) is 3.79. The molecule has 1 unspecified atom stereocenters. The number of halogens is 4. The van der Waals surface area contributed by atoms with Crippen LogP contribution in [0.1, 0.15) is 15.9 Å². The Labute approximate surface area is 131 Å². The third-order valence-electron chi connectivity index (χ3n) is 3.79. The van der Waals surface area contributed by atoms with Crippen LogP contribution in [0.5, 0.6) is 0 Å². The van der Waals surface area contributed by atoms with Crippen LogP contribution in [0.15, 0.2) is 18.2 Å². The predicted octanol–water partition coefficient (Wildman–Crippen LogP) is 1.70. The average Bonchev–Trinajstić information content (AvgIpc) is 2.49. The van der Waals surface area contributed by atoms with E-state index in [4.69, 9.17) is 0 Å². The molecule has 23 heavy (non-hydrogen) atoms. The van der Waals surface area contributed by atoms with Crippen molar-refractivity contribution in [3.63, 3.8) is 0 Å². The Kier molecular flexibility index (Phi) is 5.59. The van der Waals surface area contributed by atoms with Crippen LogP contribution in [0.2, 0.25) is 0 Å². The topological polar surface area (TPSA) is 44.4 Å². The summed E-state index contributed by atoms with van der Waals surface area (Å²) < 4.78 is 53.3. The molecule has 1 fully saturated rings. The SMILES string of the molecule is Cc1ccc(F)c(C(=O)NCC(N2CCNCC2)C(F)(F)F)c1. The fourth-order valence-electron chi connectivity index (χ4n) is 2.54. The van der Waals surface area contributed by atoms with E-state index in [2.05, 4.69) is 10.6 Å². The highest BCUT2D eigenvalue weighted by Crippen LogP contribution is 2.25. The number of nitrogens with zero attached hydrogens (tertiary/aromatic N) is 1. The molecule has 2 N–H and O–H groups in total. The van der Waals surface area contributed by atoms with Crippen LogP contribution in [-0.4, -0.2) is 55.7 Å². The molecule has 1 aliphatic heterocycles. The number of nitrogens with one attached hydrogen (secondary N) is 2. The van der Waals surface area contributed by atoms with Gasteiger partial charge in [-0.05, 0) is 19.1 Å². The fourth-order valence-corrected chi connectivity index (χ4v) is 2.54. The highest BCUT2D eigenvalue weighted by molar-refractivity contribution is 5.94. The molecule has 0 aliphatic carbocycles. The molecular weight excluding hydrogens is 314 g/mol. The Morgan fingerprint density at radius 2 is 2.00 bits per heavy atom. The second-order valence-electron chi connectivity index (χ2n) is 5.54. The molecule has 1 aliphatic rings. The molecule has 1 atom stereocenters. The van der Waals surface area contributed by atoms with Crippen molar-refractivity contribution in [2.75, 3.05) is 32.7 Å². The number of amides is 1. The van der Waals surface area contributed by atoms with Gasteiger partial charge in [-0.25, -0.2) is 4.39 Å². The summed E-state index contributed by atoms with van der Waals surface area (Å²) in [6.07, 6.45) is -4.46. The Bertz CT molecular complexity index is 556. The molecule has 1 aromatic rings. The maximum absolute atomic E-state index is 13.6. The zero-order valence-electron chi connectivity index (χ0n) is 12.7. The first-order valence-corrected chi connectivity index (χ1v) is 7.35. The van der Waals surface area contributed by atoms with E-state index in [0.29, 0.717) is 18.7 Å². The molecule has 0 aromatic heterocycles. The van der Waals surface area contributed by atoms with Gasteiger partial charge in [0.15, 0.2) is 0 Å².